The van der Waals surface area contributed by atoms with Crippen LogP contribution in [0.4, 0.5) is 0 Å². The van der Waals surface area contributed by atoms with E-state index >= 15 is 0 Å². The fourth-order valence-electron chi connectivity index (χ4n) is 2.96. The molecule has 1 heterocycles. The van der Waals surface area contributed by atoms with Crippen molar-refractivity contribution in [3.8, 4) is 0 Å². The van der Waals surface area contributed by atoms with Crippen LogP contribution in [0.5, 0.6) is 0 Å². The number of carbonyl (C=O) groups excluding carboxylic acids is 1. The first-order valence-electron chi connectivity index (χ1n) is 7.48. The Bertz CT molecular complexity index is 295. The van der Waals surface area contributed by atoms with Gasteiger partial charge in [0.05, 0.1) is 12.1 Å². The summed E-state index contributed by atoms with van der Waals surface area (Å²) < 4.78 is 0. The SMILES string of the molecule is CN1CCN(C(=O)CNCC2(O)CCCCC2)CC1. The van der Waals surface area contributed by atoms with Crippen molar-refractivity contribution in [1.82, 2.24) is 15.1 Å². The maximum atomic E-state index is 12.0. The monoisotopic (exact) mass is 269 g/mol. The van der Waals surface area contributed by atoms with Crippen LogP contribution in [0.2, 0.25) is 0 Å². The molecule has 110 valence electrons. The highest BCUT2D eigenvalue weighted by atomic mass is 16.3. The molecule has 0 atom stereocenters. The average Bonchev–Trinajstić information content (AvgIpc) is 2.40. The number of aliphatic hydroxyl groups is 1. The molecule has 0 bridgehead atoms. The van der Waals surface area contributed by atoms with E-state index in [9.17, 15) is 9.90 Å². The maximum absolute atomic E-state index is 12.0. The normalized spacial score (nSPS) is 24.4. The van der Waals surface area contributed by atoms with Gasteiger partial charge in [0.2, 0.25) is 5.91 Å². The van der Waals surface area contributed by atoms with E-state index in [-0.39, 0.29) is 5.91 Å². The number of nitrogens with zero attached hydrogens (tertiary/aromatic N) is 2. The van der Waals surface area contributed by atoms with Gasteiger partial charge >= 0.3 is 0 Å². The zero-order chi connectivity index (χ0) is 13.7. The minimum Gasteiger partial charge on any atom is -0.389 e. The highest BCUT2D eigenvalue weighted by molar-refractivity contribution is 5.78. The van der Waals surface area contributed by atoms with Crippen molar-refractivity contribution in [3.63, 3.8) is 0 Å². The zero-order valence-corrected chi connectivity index (χ0v) is 12.0. The predicted octanol–water partition coefficient (Wildman–Crippen LogP) is 0.0452. The summed E-state index contributed by atoms with van der Waals surface area (Å²) in [4.78, 5) is 16.2. The number of amides is 1. The summed E-state index contributed by atoms with van der Waals surface area (Å²) in [5.41, 5.74) is -0.583. The number of hydrogen-bond donors (Lipinski definition) is 2. The summed E-state index contributed by atoms with van der Waals surface area (Å²) in [5, 5.41) is 13.5. The lowest BCUT2D eigenvalue weighted by Gasteiger charge is -2.34. The van der Waals surface area contributed by atoms with Crippen LogP contribution in [0.3, 0.4) is 0 Å². The third-order valence-electron chi connectivity index (χ3n) is 4.37. The van der Waals surface area contributed by atoms with Crippen LogP contribution in [0.25, 0.3) is 0 Å². The third-order valence-corrected chi connectivity index (χ3v) is 4.37. The fraction of sp³-hybridized carbons (Fsp3) is 0.929. The summed E-state index contributed by atoms with van der Waals surface area (Å²) >= 11 is 0. The van der Waals surface area contributed by atoms with Crippen molar-refractivity contribution >= 4 is 5.91 Å². The lowest BCUT2D eigenvalue weighted by Crippen LogP contribution is -2.51. The Morgan fingerprint density at radius 2 is 1.79 bits per heavy atom. The van der Waals surface area contributed by atoms with Crippen LogP contribution >= 0.6 is 0 Å². The molecule has 2 aliphatic rings. The Kier molecular flexibility index (Phi) is 5.19. The highest BCUT2D eigenvalue weighted by Gasteiger charge is 2.29. The molecule has 0 unspecified atom stereocenters. The Morgan fingerprint density at radius 1 is 1.16 bits per heavy atom. The number of hydrogen-bond acceptors (Lipinski definition) is 4. The van der Waals surface area contributed by atoms with E-state index in [4.69, 9.17) is 0 Å². The summed E-state index contributed by atoms with van der Waals surface area (Å²) in [6.07, 6.45) is 5.16. The van der Waals surface area contributed by atoms with Crippen LogP contribution in [0, 0.1) is 0 Å². The summed E-state index contributed by atoms with van der Waals surface area (Å²) in [6, 6.07) is 0. The quantitative estimate of drug-likeness (QED) is 0.757. The minimum absolute atomic E-state index is 0.160. The first-order chi connectivity index (χ1) is 9.09. The lowest BCUT2D eigenvalue weighted by atomic mass is 9.85. The summed E-state index contributed by atoms with van der Waals surface area (Å²) in [7, 11) is 2.08. The van der Waals surface area contributed by atoms with Gasteiger partial charge in [-0.05, 0) is 19.9 Å². The topological polar surface area (TPSA) is 55.8 Å². The molecule has 2 N–H and O–H groups in total. The van der Waals surface area contributed by atoms with Gasteiger partial charge in [-0.1, -0.05) is 19.3 Å². The van der Waals surface area contributed by atoms with E-state index in [1.54, 1.807) is 0 Å². The van der Waals surface area contributed by atoms with Gasteiger partial charge in [-0.25, -0.2) is 0 Å². The molecular formula is C14H27N3O2. The number of rotatable bonds is 4. The van der Waals surface area contributed by atoms with Crippen LogP contribution in [0.1, 0.15) is 32.1 Å². The fourth-order valence-corrected chi connectivity index (χ4v) is 2.96. The molecule has 0 aromatic carbocycles. The molecule has 2 fully saturated rings. The van der Waals surface area contributed by atoms with Gasteiger partial charge in [0.15, 0.2) is 0 Å². The Morgan fingerprint density at radius 3 is 2.42 bits per heavy atom. The molecule has 0 radical (unpaired) electrons. The van der Waals surface area contributed by atoms with Gasteiger partial charge in [-0.15, -0.1) is 0 Å². The first kappa shape index (κ1) is 14.8. The molecule has 0 aromatic rings. The summed E-state index contributed by atoms with van der Waals surface area (Å²) in [5.74, 6) is 0.160. The van der Waals surface area contributed by atoms with E-state index in [1.165, 1.54) is 6.42 Å². The van der Waals surface area contributed by atoms with Gasteiger partial charge in [0.1, 0.15) is 0 Å². The van der Waals surface area contributed by atoms with Gasteiger partial charge in [-0.3, -0.25) is 4.79 Å². The molecule has 1 saturated heterocycles. The van der Waals surface area contributed by atoms with E-state index < -0.39 is 5.60 Å². The van der Waals surface area contributed by atoms with Crippen LogP contribution in [0.15, 0.2) is 0 Å². The van der Waals surface area contributed by atoms with E-state index in [1.807, 2.05) is 4.90 Å². The predicted molar refractivity (Wildman–Crippen MR) is 75.0 cm³/mol. The first-order valence-corrected chi connectivity index (χ1v) is 7.48. The molecule has 0 spiro atoms. The van der Waals surface area contributed by atoms with Crippen molar-refractivity contribution < 1.29 is 9.90 Å². The number of nitrogens with one attached hydrogen (secondary N) is 1. The second-order valence-electron chi connectivity index (χ2n) is 6.07. The second-order valence-corrected chi connectivity index (χ2v) is 6.07. The second kappa shape index (κ2) is 6.68. The van der Waals surface area contributed by atoms with Crippen LogP contribution in [-0.4, -0.2) is 72.7 Å². The van der Waals surface area contributed by atoms with Gasteiger partial charge < -0.3 is 20.2 Å². The van der Waals surface area contributed by atoms with Crippen molar-refractivity contribution in [1.29, 1.82) is 0 Å². The van der Waals surface area contributed by atoms with Crippen LogP contribution in [-0.2, 0) is 4.79 Å². The molecule has 5 heteroatoms. The van der Waals surface area contributed by atoms with E-state index in [0.717, 1.165) is 51.9 Å². The Balaban J connectivity index is 1.66. The van der Waals surface area contributed by atoms with Gasteiger partial charge in [0, 0.05) is 32.7 Å². The third kappa shape index (κ3) is 4.44. The smallest absolute Gasteiger partial charge is 0.236 e. The lowest BCUT2D eigenvalue weighted by molar-refractivity contribution is -0.132. The highest BCUT2D eigenvalue weighted by Crippen LogP contribution is 2.27. The zero-order valence-electron chi connectivity index (χ0n) is 12.0. The molecule has 0 aromatic heterocycles. The van der Waals surface area contributed by atoms with E-state index in [0.29, 0.717) is 13.1 Å². The van der Waals surface area contributed by atoms with Crippen LogP contribution < -0.4 is 5.32 Å². The summed E-state index contributed by atoms with van der Waals surface area (Å²) in [6.45, 7) is 4.45. The molecule has 1 saturated carbocycles. The number of carbonyl (C=O) groups is 1. The van der Waals surface area contributed by atoms with E-state index in [2.05, 4.69) is 17.3 Å². The van der Waals surface area contributed by atoms with Gasteiger partial charge in [0.25, 0.3) is 0 Å². The Labute approximate surface area is 115 Å². The van der Waals surface area contributed by atoms with Crippen molar-refractivity contribution in [2.24, 2.45) is 0 Å². The molecule has 1 aliphatic carbocycles. The molecule has 5 nitrogen and oxygen atoms in total. The van der Waals surface area contributed by atoms with Crippen molar-refractivity contribution in [2.75, 3.05) is 46.3 Å². The maximum Gasteiger partial charge on any atom is 0.236 e. The number of piperazine rings is 1. The Hall–Kier alpha value is -0.650. The number of likely N-dealkylation sites (N-methyl/N-ethyl adjacent to an activating group) is 1. The largest absolute Gasteiger partial charge is 0.389 e. The average molecular weight is 269 g/mol. The molecule has 2 rings (SSSR count). The molecule has 1 amide bonds. The molecule has 1 aliphatic heterocycles. The van der Waals surface area contributed by atoms with Crippen molar-refractivity contribution in [2.45, 2.75) is 37.7 Å². The molecule has 19 heavy (non-hydrogen) atoms. The molecular weight excluding hydrogens is 242 g/mol. The van der Waals surface area contributed by atoms with Crippen molar-refractivity contribution in [3.05, 3.63) is 0 Å². The van der Waals surface area contributed by atoms with Gasteiger partial charge in [-0.2, -0.15) is 0 Å². The minimum atomic E-state index is -0.583. The standard InChI is InChI=1S/C14H27N3O2/c1-16-7-9-17(10-8-16)13(18)11-15-12-14(19)5-3-2-4-6-14/h15,19H,2-12H2,1H3.